The van der Waals surface area contributed by atoms with Crippen LogP contribution in [0.5, 0.6) is 5.75 Å². The van der Waals surface area contributed by atoms with E-state index in [9.17, 15) is 0 Å². The molecular weight excluding hydrogens is 268 g/mol. The Morgan fingerprint density at radius 2 is 1.65 bits per heavy atom. The third-order valence-electron chi connectivity index (χ3n) is 3.46. The largest absolute Gasteiger partial charge is 0.497 e. The first kappa shape index (κ1) is 17.2. The van der Waals surface area contributed by atoms with Gasteiger partial charge in [-0.2, -0.15) is 0 Å². The molecule has 0 bridgehead atoms. The van der Waals surface area contributed by atoms with Gasteiger partial charge < -0.3 is 9.16 Å². The van der Waals surface area contributed by atoms with Gasteiger partial charge in [0.15, 0.2) is 0 Å². The van der Waals surface area contributed by atoms with E-state index in [4.69, 9.17) is 9.16 Å². The predicted molar refractivity (Wildman–Crippen MR) is 86.6 cm³/mol. The van der Waals surface area contributed by atoms with E-state index in [2.05, 4.69) is 49.4 Å². The van der Waals surface area contributed by atoms with Gasteiger partial charge in [0.05, 0.1) is 7.11 Å². The minimum atomic E-state index is -2.31. The van der Waals surface area contributed by atoms with Crippen molar-refractivity contribution in [3.8, 4) is 5.75 Å². The van der Waals surface area contributed by atoms with Crippen LogP contribution in [0.2, 0.25) is 0 Å². The smallest absolute Gasteiger partial charge is 0.389 e. The fourth-order valence-corrected chi connectivity index (χ4v) is 6.21. The van der Waals surface area contributed by atoms with E-state index in [1.165, 1.54) is 5.19 Å². The van der Waals surface area contributed by atoms with Crippen molar-refractivity contribution >= 4 is 13.8 Å². The number of benzene rings is 1. The van der Waals surface area contributed by atoms with Crippen molar-refractivity contribution in [1.29, 1.82) is 0 Å². The van der Waals surface area contributed by atoms with Crippen LogP contribution >= 0.6 is 0 Å². The Kier molecular flexibility index (Phi) is 7.22. The normalized spacial score (nSPS) is 14.3. The molecule has 0 amide bonds. The topological polar surface area (TPSA) is 33.7 Å². The summed E-state index contributed by atoms with van der Waals surface area (Å²) in [4.78, 5) is 3.65. The van der Waals surface area contributed by atoms with Crippen molar-refractivity contribution in [2.24, 2.45) is 0 Å². The molecule has 0 spiro atoms. The third-order valence-corrected chi connectivity index (χ3v) is 7.64. The van der Waals surface area contributed by atoms with Gasteiger partial charge in [-0.25, -0.2) is 0 Å². The molecule has 1 rings (SSSR count). The van der Waals surface area contributed by atoms with Crippen LogP contribution in [0.3, 0.4) is 0 Å². The van der Waals surface area contributed by atoms with Gasteiger partial charge in [0, 0.05) is 6.61 Å². The van der Waals surface area contributed by atoms with Crippen LogP contribution in [0.1, 0.15) is 27.7 Å². The lowest BCUT2D eigenvalue weighted by Gasteiger charge is -2.40. The van der Waals surface area contributed by atoms with Crippen molar-refractivity contribution in [3.05, 3.63) is 24.3 Å². The van der Waals surface area contributed by atoms with E-state index in [0.717, 1.165) is 25.4 Å². The summed E-state index contributed by atoms with van der Waals surface area (Å²) in [5.41, 5.74) is 0. The van der Waals surface area contributed by atoms with Gasteiger partial charge in [-0.15, -0.1) is 0 Å². The number of nitrogens with zero attached hydrogens (tertiary/aromatic N) is 1. The summed E-state index contributed by atoms with van der Waals surface area (Å²) in [7, 11) is -0.618. The second-order valence-corrected chi connectivity index (χ2v) is 7.65. The zero-order valence-electron chi connectivity index (χ0n) is 13.4. The minimum absolute atomic E-state index is 0.710. The lowest BCUT2D eigenvalue weighted by atomic mass is 10.3. The molecule has 1 unspecified atom stereocenters. The van der Waals surface area contributed by atoms with Crippen LogP contribution in [-0.4, -0.2) is 46.6 Å². The molecule has 20 heavy (non-hydrogen) atoms. The summed E-state index contributed by atoms with van der Waals surface area (Å²) in [6, 6.07) is 8.28. The first-order chi connectivity index (χ1) is 9.68. The molecule has 0 saturated heterocycles. The highest BCUT2D eigenvalue weighted by Crippen LogP contribution is 2.13. The summed E-state index contributed by atoms with van der Waals surface area (Å²) >= 11 is 0. The highest BCUT2D eigenvalue weighted by atomic mass is 28.4. The van der Waals surface area contributed by atoms with Crippen LogP contribution in [-0.2, 0) is 4.43 Å². The molecule has 0 aliphatic rings. The molecule has 114 valence electrons. The molecule has 1 aromatic carbocycles. The van der Waals surface area contributed by atoms with Gasteiger partial charge >= 0.3 is 8.64 Å². The lowest BCUT2D eigenvalue weighted by molar-refractivity contribution is 0.253. The van der Waals surface area contributed by atoms with E-state index < -0.39 is 8.64 Å². The summed E-state index contributed by atoms with van der Waals surface area (Å²) in [6.45, 7) is 12.1. The number of ether oxygens (including phenoxy) is 1. The molecule has 0 fully saturated rings. The summed E-state index contributed by atoms with van der Waals surface area (Å²) in [5.74, 6) is 0.879. The Bertz CT molecular complexity index is 374. The van der Waals surface area contributed by atoms with Crippen molar-refractivity contribution in [2.45, 2.75) is 27.7 Å². The van der Waals surface area contributed by atoms with Gasteiger partial charge in [0.25, 0.3) is 0 Å². The molecule has 0 saturated carbocycles. The van der Waals surface area contributed by atoms with Crippen molar-refractivity contribution in [2.75, 3.05) is 33.4 Å². The summed E-state index contributed by atoms with van der Waals surface area (Å²) in [6.07, 6.45) is 0. The third kappa shape index (κ3) is 3.61. The Balaban J connectivity index is 3.23. The van der Waals surface area contributed by atoms with Gasteiger partial charge in [-0.1, -0.05) is 32.9 Å². The van der Waals surface area contributed by atoms with Crippen LogP contribution in [0, 0.1) is 0 Å². The quantitative estimate of drug-likeness (QED) is 0.705. The highest BCUT2D eigenvalue weighted by molar-refractivity contribution is 6.82. The number of hydrogen-bond acceptors (Lipinski definition) is 4. The van der Waals surface area contributed by atoms with Gasteiger partial charge in [0.1, 0.15) is 5.75 Å². The lowest BCUT2D eigenvalue weighted by Crippen LogP contribution is -2.73. The molecule has 1 atom stereocenters. The molecule has 4 nitrogen and oxygen atoms in total. The van der Waals surface area contributed by atoms with E-state index in [0.29, 0.717) is 6.61 Å². The van der Waals surface area contributed by atoms with E-state index >= 15 is 0 Å². The summed E-state index contributed by atoms with van der Waals surface area (Å²) < 4.78 is 14.0. The fraction of sp³-hybridized carbons (Fsp3) is 0.600. The molecule has 5 heteroatoms. The van der Waals surface area contributed by atoms with Gasteiger partial charge in [-0.3, -0.25) is 9.55 Å². The molecule has 0 aromatic heterocycles. The second kappa shape index (κ2) is 8.41. The van der Waals surface area contributed by atoms with E-state index in [1.807, 2.05) is 12.1 Å². The Morgan fingerprint density at radius 1 is 1.05 bits per heavy atom. The fourth-order valence-electron chi connectivity index (χ4n) is 2.56. The van der Waals surface area contributed by atoms with E-state index in [1.54, 1.807) is 7.11 Å². The zero-order valence-corrected chi connectivity index (χ0v) is 14.4. The van der Waals surface area contributed by atoms with Gasteiger partial charge in [-0.05, 0) is 43.9 Å². The molecule has 1 N–H and O–H groups in total. The van der Waals surface area contributed by atoms with Crippen LogP contribution in [0.15, 0.2) is 24.3 Å². The zero-order chi connectivity index (χ0) is 15.0. The molecule has 1 aromatic rings. The van der Waals surface area contributed by atoms with Crippen molar-refractivity contribution < 1.29 is 9.16 Å². The Hall–Kier alpha value is -0.883. The van der Waals surface area contributed by atoms with Crippen LogP contribution in [0.4, 0.5) is 0 Å². The van der Waals surface area contributed by atoms with Crippen molar-refractivity contribution in [1.82, 2.24) is 9.55 Å². The average Bonchev–Trinajstić information content (AvgIpc) is 2.49. The van der Waals surface area contributed by atoms with Gasteiger partial charge in [0.2, 0.25) is 0 Å². The standard InChI is InChI=1S/C15H28N2O2Si/c1-6-16-20(19-9-4,17(7-2)8-3)15-12-10-14(18-5)11-13-15/h10-13,16H,6-9H2,1-5H3. The van der Waals surface area contributed by atoms with Crippen molar-refractivity contribution in [3.63, 3.8) is 0 Å². The number of methoxy groups -OCH3 is 1. The predicted octanol–water partition coefficient (Wildman–Crippen LogP) is 1.83. The number of rotatable bonds is 9. The maximum absolute atomic E-state index is 6.29. The van der Waals surface area contributed by atoms with Crippen LogP contribution < -0.4 is 14.9 Å². The minimum Gasteiger partial charge on any atom is -0.497 e. The molecule has 0 aliphatic carbocycles. The maximum atomic E-state index is 6.29. The average molecular weight is 296 g/mol. The monoisotopic (exact) mass is 296 g/mol. The summed E-state index contributed by atoms with van der Waals surface area (Å²) in [5, 5.41) is 1.24. The molecule has 0 radical (unpaired) electrons. The first-order valence-electron chi connectivity index (χ1n) is 7.46. The maximum Gasteiger partial charge on any atom is 0.389 e. The number of hydrogen-bond donors (Lipinski definition) is 1. The molecular formula is C15H28N2O2Si. The number of nitrogens with one attached hydrogen (secondary N) is 1. The van der Waals surface area contributed by atoms with E-state index in [-0.39, 0.29) is 0 Å². The molecule has 0 aliphatic heterocycles. The Morgan fingerprint density at radius 3 is 2.05 bits per heavy atom. The first-order valence-corrected chi connectivity index (χ1v) is 9.32. The molecule has 0 heterocycles. The SMILES string of the molecule is CCN[Si](OCC)(c1ccc(OC)cc1)N(CC)CC. The highest BCUT2D eigenvalue weighted by Gasteiger charge is 2.43. The Labute approximate surface area is 124 Å². The second-order valence-electron chi connectivity index (χ2n) is 4.51. The van der Waals surface area contributed by atoms with Crippen LogP contribution in [0.25, 0.3) is 0 Å².